The largest absolute Gasteiger partial charge is 0.352 e. The number of sulfone groups is 1. The van der Waals surface area contributed by atoms with Crippen molar-refractivity contribution < 1.29 is 22.4 Å². The summed E-state index contributed by atoms with van der Waals surface area (Å²) in [6.07, 6.45) is 4.18. The number of thiazole rings is 1. The van der Waals surface area contributed by atoms with E-state index in [0.29, 0.717) is 15.8 Å². The molecule has 37 heavy (non-hydrogen) atoms. The minimum Gasteiger partial charge on any atom is -0.352 e. The molecule has 1 unspecified atom stereocenters. The highest BCUT2D eigenvalue weighted by atomic mass is 32.2. The molecule has 4 aromatic rings. The Balaban J connectivity index is 0.000000469. The fraction of sp³-hybridized carbons (Fsp3) is 0.231. The number of hydrogen-bond acceptors (Lipinski definition) is 7. The number of nitrogens with zero attached hydrogens (tertiary/aromatic N) is 2. The van der Waals surface area contributed by atoms with E-state index in [4.69, 9.17) is 0 Å². The van der Waals surface area contributed by atoms with Crippen LogP contribution in [-0.4, -0.2) is 49.0 Å². The lowest BCUT2D eigenvalue weighted by Crippen LogP contribution is -2.41. The first kappa shape index (κ1) is 26.4. The number of carbonyl (C=O) groups excluding carboxylic acids is 2. The molecule has 192 valence electrons. The molecule has 5 rings (SSSR count). The van der Waals surface area contributed by atoms with E-state index in [2.05, 4.69) is 20.6 Å². The molecule has 1 saturated carbocycles. The summed E-state index contributed by atoms with van der Waals surface area (Å²) in [5.74, 6) is -1.74. The molecule has 1 aliphatic carbocycles. The number of amides is 2. The Kier molecular flexibility index (Phi) is 8.24. The second-order valence-electron chi connectivity index (χ2n) is 8.53. The Bertz CT molecular complexity index is 1460. The van der Waals surface area contributed by atoms with Gasteiger partial charge < -0.3 is 10.6 Å². The van der Waals surface area contributed by atoms with Crippen molar-refractivity contribution in [1.82, 2.24) is 20.6 Å². The highest BCUT2D eigenvalue weighted by molar-refractivity contribution is 7.91. The van der Waals surface area contributed by atoms with Crippen molar-refractivity contribution in [1.29, 1.82) is 0 Å². The Morgan fingerprint density at radius 3 is 2.27 bits per heavy atom. The molecule has 2 N–H and O–H groups in total. The van der Waals surface area contributed by atoms with Crippen LogP contribution in [0.1, 0.15) is 23.1 Å². The molecule has 0 bridgehead atoms. The Morgan fingerprint density at radius 2 is 1.70 bits per heavy atom. The van der Waals surface area contributed by atoms with Gasteiger partial charge in [0, 0.05) is 24.1 Å². The van der Waals surface area contributed by atoms with E-state index in [-0.39, 0.29) is 23.5 Å². The predicted octanol–water partition coefficient (Wildman–Crippen LogP) is 3.66. The third-order valence-electron chi connectivity index (χ3n) is 5.39. The first-order valence-electron chi connectivity index (χ1n) is 11.5. The Labute approximate surface area is 217 Å². The molecular weight excluding hydrogens is 515 g/mol. The molecule has 1 atom stereocenters. The molecule has 2 heterocycles. The molecular formula is C26H25FN4O4S2. The lowest BCUT2D eigenvalue weighted by Gasteiger charge is -2.12. The van der Waals surface area contributed by atoms with Crippen LogP contribution in [0, 0.1) is 5.95 Å². The van der Waals surface area contributed by atoms with E-state index in [1.165, 1.54) is 12.3 Å². The molecule has 1 fully saturated rings. The zero-order chi connectivity index (χ0) is 26.4. The van der Waals surface area contributed by atoms with Crippen molar-refractivity contribution >= 4 is 43.2 Å². The van der Waals surface area contributed by atoms with Crippen molar-refractivity contribution in [3.63, 3.8) is 0 Å². The number of carbonyl (C=O) groups is 2. The molecule has 2 aromatic carbocycles. The molecule has 1 aliphatic rings. The average molecular weight is 541 g/mol. The fourth-order valence-corrected chi connectivity index (χ4v) is 5.97. The summed E-state index contributed by atoms with van der Waals surface area (Å²) in [6.45, 7) is -0.298. The molecule has 0 saturated heterocycles. The number of fused-ring (bicyclic) bond motifs is 1. The molecule has 0 spiro atoms. The van der Waals surface area contributed by atoms with Crippen molar-refractivity contribution in [3.8, 4) is 11.1 Å². The van der Waals surface area contributed by atoms with Crippen LogP contribution in [0.3, 0.4) is 0 Å². The van der Waals surface area contributed by atoms with Crippen LogP contribution < -0.4 is 10.6 Å². The number of hydrogen-bond donors (Lipinski definition) is 2. The van der Waals surface area contributed by atoms with Crippen LogP contribution in [0.15, 0.2) is 72.9 Å². The van der Waals surface area contributed by atoms with E-state index in [0.717, 1.165) is 36.0 Å². The van der Waals surface area contributed by atoms with Gasteiger partial charge in [-0.25, -0.2) is 18.4 Å². The number of benzene rings is 2. The quantitative estimate of drug-likeness (QED) is 0.346. The van der Waals surface area contributed by atoms with Crippen LogP contribution in [0.4, 0.5) is 4.39 Å². The Morgan fingerprint density at radius 1 is 1.05 bits per heavy atom. The van der Waals surface area contributed by atoms with Crippen molar-refractivity contribution in [2.75, 3.05) is 12.8 Å². The van der Waals surface area contributed by atoms with Gasteiger partial charge in [0.05, 0.1) is 16.8 Å². The van der Waals surface area contributed by atoms with Crippen LogP contribution in [-0.2, 0) is 19.4 Å². The zero-order valence-electron chi connectivity index (χ0n) is 19.9. The topological polar surface area (TPSA) is 118 Å². The van der Waals surface area contributed by atoms with Gasteiger partial charge in [0.2, 0.25) is 17.8 Å². The molecule has 8 nitrogen and oxygen atoms in total. The summed E-state index contributed by atoms with van der Waals surface area (Å²) in [6, 6.07) is 20.2. The molecule has 2 aromatic heterocycles. The maximum absolute atomic E-state index is 13.1. The standard InChI is InChI=1S/C20H19FN4O4S2.C6H6/c1-31(28,29)18(19(27)23-10-17(26)24-13-4-5-13)20-25-14-6-2-11(8-15(14)30-20)12-3-7-16(21)22-9-12;1-2-4-6-5-3-1/h2-3,6-9,13,18H,4-5,10H2,1H3,(H,23,27)(H,24,26);1-6H. The fourth-order valence-electron chi connectivity index (χ4n) is 3.42. The van der Waals surface area contributed by atoms with Gasteiger partial charge in [0.1, 0.15) is 5.01 Å². The van der Waals surface area contributed by atoms with Crippen molar-refractivity contribution in [3.05, 3.63) is 83.9 Å². The van der Waals surface area contributed by atoms with E-state index < -0.39 is 26.9 Å². The van der Waals surface area contributed by atoms with E-state index in [1.54, 1.807) is 24.3 Å². The smallest absolute Gasteiger partial charge is 0.245 e. The van der Waals surface area contributed by atoms with Gasteiger partial charge in [0.25, 0.3) is 0 Å². The number of nitrogens with one attached hydrogen (secondary N) is 2. The number of halogens is 1. The lowest BCUT2D eigenvalue weighted by molar-refractivity contribution is -0.126. The van der Waals surface area contributed by atoms with Gasteiger partial charge in [-0.05, 0) is 42.7 Å². The minimum absolute atomic E-state index is 0.118. The monoisotopic (exact) mass is 540 g/mol. The highest BCUT2D eigenvalue weighted by Gasteiger charge is 2.34. The highest BCUT2D eigenvalue weighted by Crippen LogP contribution is 2.33. The second-order valence-corrected chi connectivity index (χ2v) is 11.7. The summed E-state index contributed by atoms with van der Waals surface area (Å²) in [5.41, 5.74) is 1.98. The van der Waals surface area contributed by atoms with E-state index in [1.807, 2.05) is 36.4 Å². The maximum Gasteiger partial charge on any atom is 0.245 e. The third-order valence-corrected chi connectivity index (χ3v) is 7.91. The van der Waals surface area contributed by atoms with Crippen LogP contribution in [0.5, 0.6) is 0 Å². The van der Waals surface area contributed by atoms with E-state index >= 15 is 0 Å². The average Bonchev–Trinajstić information content (AvgIpc) is 3.59. The minimum atomic E-state index is -3.84. The maximum atomic E-state index is 13.1. The van der Waals surface area contributed by atoms with Crippen LogP contribution in [0.2, 0.25) is 0 Å². The zero-order valence-corrected chi connectivity index (χ0v) is 21.6. The lowest BCUT2D eigenvalue weighted by atomic mass is 10.1. The summed E-state index contributed by atoms with van der Waals surface area (Å²) in [4.78, 5) is 32.4. The first-order chi connectivity index (χ1) is 17.7. The van der Waals surface area contributed by atoms with Gasteiger partial charge in [-0.15, -0.1) is 11.3 Å². The molecule has 0 aliphatic heterocycles. The normalized spacial score (nSPS) is 13.8. The van der Waals surface area contributed by atoms with Crippen molar-refractivity contribution in [2.24, 2.45) is 0 Å². The van der Waals surface area contributed by atoms with Crippen molar-refractivity contribution in [2.45, 2.75) is 24.1 Å². The summed E-state index contributed by atoms with van der Waals surface area (Å²) in [5, 5.41) is 3.73. The van der Waals surface area contributed by atoms with E-state index in [9.17, 15) is 22.4 Å². The number of pyridine rings is 1. The first-order valence-corrected chi connectivity index (χ1v) is 14.3. The van der Waals surface area contributed by atoms with Crippen LogP contribution in [0.25, 0.3) is 21.3 Å². The van der Waals surface area contributed by atoms with Crippen LogP contribution >= 0.6 is 11.3 Å². The summed E-state index contributed by atoms with van der Waals surface area (Å²) in [7, 11) is -3.84. The number of aromatic nitrogens is 2. The summed E-state index contributed by atoms with van der Waals surface area (Å²) >= 11 is 1.08. The van der Waals surface area contributed by atoms with Gasteiger partial charge in [-0.1, -0.05) is 42.5 Å². The summed E-state index contributed by atoms with van der Waals surface area (Å²) < 4.78 is 38.5. The Hall–Kier alpha value is -3.70. The number of rotatable bonds is 7. The molecule has 11 heteroatoms. The van der Waals surface area contributed by atoms with Gasteiger partial charge in [-0.2, -0.15) is 4.39 Å². The van der Waals surface area contributed by atoms with Gasteiger partial charge >= 0.3 is 0 Å². The third kappa shape index (κ3) is 7.40. The van der Waals surface area contributed by atoms with Gasteiger partial charge in [-0.3, -0.25) is 9.59 Å². The van der Waals surface area contributed by atoms with Gasteiger partial charge in [0.15, 0.2) is 15.1 Å². The SMILES string of the molecule is CS(=O)(=O)C(C(=O)NCC(=O)NC1CC1)c1nc2ccc(-c3ccc(F)nc3)cc2s1.c1ccccc1. The second kappa shape index (κ2) is 11.6. The molecule has 0 radical (unpaired) electrons. The predicted molar refractivity (Wildman–Crippen MR) is 141 cm³/mol. The molecule has 2 amide bonds.